The molecule has 0 spiro atoms. The number of primary amides is 1. The van der Waals surface area contributed by atoms with Crippen molar-refractivity contribution in [2.75, 3.05) is 0 Å². The van der Waals surface area contributed by atoms with Crippen molar-refractivity contribution < 1.29 is 4.79 Å². The smallest absolute Gasteiger partial charge is 0.221 e. The Labute approximate surface area is 128 Å². The van der Waals surface area contributed by atoms with Crippen LogP contribution in [-0.2, 0) is 17.8 Å². The van der Waals surface area contributed by atoms with Crippen molar-refractivity contribution in [1.29, 1.82) is 0 Å². The summed E-state index contributed by atoms with van der Waals surface area (Å²) in [4.78, 5) is 15.8. The van der Waals surface area contributed by atoms with E-state index in [1.165, 1.54) is 0 Å². The third kappa shape index (κ3) is 2.70. The van der Waals surface area contributed by atoms with Crippen LogP contribution < -0.4 is 5.73 Å². The van der Waals surface area contributed by atoms with Gasteiger partial charge in [-0.3, -0.25) is 9.48 Å². The van der Waals surface area contributed by atoms with E-state index in [0.29, 0.717) is 0 Å². The van der Waals surface area contributed by atoms with E-state index in [9.17, 15) is 4.79 Å². The fourth-order valence-corrected chi connectivity index (χ4v) is 2.57. The molecule has 0 aliphatic heterocycles. The lowest BCUT2D eigenvalue weighted by Crippen LogP contribution is -2.13. The maximum Gasteiger partial charge on any atom is 0.221 e. The minimum absolute atomic E-state index is 0.250. The number of rotatable bonds is 4. The van der Waals surface area contributed by atoms with Gasteiger partial charge in [-0.2, -0.15) is 5.10 Å². The number of benzene rings is 1. The van der Waals surface area contributed by atoms with Gasteiger partial charge in [-0.15, -0.1) is 0 Å². The molecule has 112 valence electrons. The second-order valence-electron chi connectivity index (χ2n) is 5.40. The van der Waals surface area contributed by atoms with E-state index in [1.54, 1.807) is 0 Å². The average molecular weight is 294 g/mol. The summed E-state index contributed by atoms with van der Waals surface area (Å²) in [5, 5.41) is 5.34. The minimum atomic E-state index is -0.325. The van der Waals surface area contributed by atoms with Crippen molar-refractivity contribution in [3.05, 3.63) is 47.8 Å². The van der Waals surface area contributed by atoms with Crippen LogP contribution >= 0.6 is 0 Å². The first-order valence-electron chi connectivity index (χ1n) is 7.28. The number of nitrogens with two attached hydrogens (primary N) is 1. The largest absolute Gasteiger partial charge is 0.369 e. The van der Waals surface area contributed by atoms with Gasteiger partial charge in [0, 0.05) is 23.7 Å². The van der Waals surface area contributed by atoms with E-state index in [2.05, 4.69) is 12.0 Å². The van der Waals surface area contributed by atoms with Gasteiger partial charge < -0.3 is 5.73 Å². The van der Waals surface area contributed by atoms with Crippen molar-refractivity contribution in [3.8, 4) is 11.3 Å². The Hall–Kier alpha value is -2.69. The predicted octanol–water partition coefficient (Wildman–Crippen LogP) is 2.45. The third-order valence-corrected chi connectivity index (χ3v) is 3.71. The van der Waals surface area contributed by atoms with Gasteiger partial charge in [0.2, 0.25) is 5.91 Å². The summed E-state index contributed by atoms with van der Waals surface area (Å²) in [6.07, 6.45) is 4.08. The van der Waals surface area contributed by atoms with Gasteiger partial charge in [0.1, 0.15) is 0 Å². The monoisotopic (exact) mass is 294 g/mol. The quantitative estimate of drug-likeness (QED) is 0.803. The van der Waals surface area contributed by atoms with Crippen molar-refractivity contribution in [1.82, 2.24) is 14.8 Å². The van der Waals surface area contributed by atoms with Gasteiger partial charge in [-0.25, -0.2) is 4.98 Å². The number of nitrogens with zero attached hydrogens (tertiary/aromatic N) is 3. The molecule has 3 aromatic rings. The first-order chi connectivity index (χ1) is 10.6. The number of aryl methyl sites for hydroxylation is 2. The molecule has 0 saturated carbocycles. The van der Waals surface area contributed by atoms with Crippen molar-refractivity contribution >= 4 is 16.8 Å². The summed E-state index contributed by atoms with van der Waals surface area (Å²) < 4.78 is 1.88. The van der Waals surface area contributed by atoms with Crippen LogP contribution in [0.1, 0.15) is 18.1 Å². The van der Waals surface area contributed by atoms with Crippen molar-refractivity contribution in [3.63, 3.8) is 0 Å². The summed E-state index contributed by atoms with van der Waals surface area (Å²) in [7, 11) is 0. The Morgan fingerprint density at radius 1 is 1.32 bits per heavy atom. The van der Waals surface area contributed by atoms with Gasteiger partial charge in [0.25, 0.3) is 0 Å². The average Bonchev–Trinajstić information content (AvgIpc) is 2.96. The Balaban J connectivity index is 2.07. The lowest BCUT2D eigenvalue weighted by Gasteiger charge is -2.07. The number of amides is 1. The first kappa shape index (κ1) is 14.3. The highest BCUT2D eigenvalue weighted by Crippen LogP contribution is 2.25. The molecule has 5 heteroatoms. The molecule has 1 aromatic carbocycles. The normalized spacial score (nSPS) is 11.0. The number of pyridine rings is 1. The highest BCUT2D eigenvalue weighted by Gasteiger charge is 2.08. The number of hydrogen-bond donors (Lipinski definition) is 1. The number of carbonyl (C=O) groups is 1. The molecule has 0 radical (unpaired) electrons. The fraction of sp³-hybridized carbons (Fsp3) is 0.235. The molecule has 0 bridgehead atoms. The fourth-order valence-electron chi connectivity index (χ4n) is 2.57. The maximum absolute atomic E-state index is 11.1. The SMILES string of the molecule is CCn1cc(-c2cc(C)c3cc(CC(N)=O)ccc3n2)cn1. The van der Waals surface area contributed by atoms with Crippen LogP contribution in [0, 0.1) is 6.92 Å². The molecule has 2 aromatic heterocycles. The van der Waals surface area contributed by atoms with E-state index < -0.39 is 0 Å². The van der Waals surface area contributed by atoms with Crippen LogP contribution in [-0.4, -0.2) is 20.7 Å². The Morgan fingerprint density at radius 3 is 2.82 bits per heavy atom. The van der Waals surface area contributed by atoms with Gasteiger partial charge >= 0.3 is 0 Å². The van der Waals surface area contributed by atoms with Gasteiger partial charge in [0.05, 0.1) is 23.8 Å². The van der Waals surface area contributed by atoms with Gasteiger partial charge in [-0.1, -0.05) is 6.07 Å². The molecular formula is C17H18N4O. The zero-order chi connectivity index (χ0) is 15.7. The van der Waals surface area contributed by atoms with Crippen LogP contribution in [0.15, 0.2) is 36.7 Å². The molecule has 22 heavy (non-hydrogen) atoms. The third-order valence-electron chi connectivity index (χ3n) is 3.71. The Bertz CT molecular complexity index is 851. The van der Waals surface area contributed by atoms with E-state index in [-0.39, 0.29) is 12.3 Å². The Kier molecular flexibility index (Phi) is 3.63. The topological polar surface area (TPSA) is 73.8 Å². The van der Waals surface area contributed by atoms with E-state index in [1.807, 2.05) is 48.3 Å². The second kappa shape index (κ2) is 5.60. The highest BCUT2D eigenvalue weighted by atomic mass is 16.1. The number of carbonyl (C=O) groups excluding carboxylic acids is 1. The summed E-state index contributed by atoms with van der Waals surface area (Å²) >= 11 is 0. The second-order valence-corrected chi connectivity index (χ2v) is 5.40. The molecule has 2 N–H and O–H groups in total. The van der Waals surface area contributed by atoms with Crippen LogP contribution in [0.2, 0.25) is 0 Å². The zero-order valence-electron chi connectivity index (χ0n) is 12.7. The molecule has 0 aliphatic rings. The standard InChI is InChI=1S/C17H18N4O/c1-3-21-10-13(9-19-21)16-6-11(2)14-7-12(8-17(18)22)4-5-15(14)20-16/h4-7,9-10H,3,8H2,1-2H3,(H2,18,22). The highest BCUT2D eigenvalue weighted by molar-refractivity contribution is 5.87. The summed E-state index contributed by atoms with van der Waals surface area (Å²) in [6.45, 7) is 4.94. The van der Waals surface area contributed by atoms with E-state index >= 15 is 0 Å². The minimum Gasteiger partial charge on any atom is -0.369 e. The van der Waals surface area contributed by atoms with Gasteiger partial charge in [-0.05, 0) is 43.2 Å². The number of hydrogen-bond acceptors (Lipinski definition) is 3. The first-order valence-corrected chi connectivity index (χ1v) is 7.28. The molecule has 0 saturated heterocycles. The summed E-state index contributed by atoms with van der Waals surface area (Å²) in [5.41, 5.74) is 10.1. The number of fused-ring (bicyclic) bond motifs is 1. The van der Waals surface area contributed by atoms with Gasteiger partial charge in [0.15, 0.2) is 0 Å². The molecule has 2 heterocycles. The lowest BCUT2D eigenvalue weighted by atomic mass is 10.0. The lowest BCUT2D eigenvalue weighted by molar-refractivity contribution is -0.117. The van der Waals surface area contributed by atoms with E-state index in [4.69, 9.17) is 10.7 Å². The summed E-state index contributed by atoms with van der Waals surface area (Å²) in [5.74, 6) is -0.325. The molecule has 1 amide bonds. The van der Waals surface area contributed by atoms with Crippen molar-refractivity contribution in [2.24, 2.45) is 5.73 Å². The molecule has 0 fully saturated rings. The van der Waals surface area contributed by atoms with Crippen LogP contribution in [0.5, 0.6) is 0 Å². The number of aromatic nitrogens is 3. The molecule has 0 aliphatic carbocycles. The van der Waals surface area contributed by atoms with Crippen LogP contribution in [0.3, 0.4) is 0 Å². The predicted molar refractivity (Wildman–Crippen MR) is 86.3 cm³/mol. The molecule has 3 rings (SSSR count). The van der Waals surface area contributed by atoms with E-state index in [0.717, 1.165) is 39.8 Å². The maximum atomic E-state index is 11.1. The molecule has 5 nitrogen and oxygen atoms in total. The summed E-state index contributed by atoms with van der Waals surface area (Å²) in [6, 6.07) is 7.88. The molecule has 0 atom stereocenters. The zero-order valence-corrected chi connectivity index (χ0v) is 12.7. The van der Waals surface area contributed by atoms with Crippen LogP contribution in [0.4, 0.5) is 0 Å². The molecular weight excluding hydrogens is 276 g/mol. The van der Waals surface area contributed by atoms with Crippen LogP contribution in [0.25, 0.3) is 22.2 Å². The van der Waals surface area contributed by atoms with Crippen molar-refractivity contribution in [2.45, 2.75) is 26.8 Å². The Morgan fingerprint density at radius 2 is 2.14 bits per heavy atom. The molecule has 0 unspecified atom stereocenters.